The number of allylic oxidation sites excluding steroid dienone is 1. The normalized spacial score (nSPS) is 25.1. The highest BCUT2D eigenvalue weighted by molar-refractivity contribution is 6.28. The van der Waals surface area contributed by atoms with Crippen LogP contribution in [-0.2, 0) is 35.1 Å². The lowest BCUT2D eigenvalue weighted by atomic mass is 9.79. The van der Waals surface area contributed by atoms with Gasteiger partial charge in [0.2, 0.25) is 5.54 Å². The Balaban J connectivity index is 1.98. The molecule has 2 fully saturated rings. The van der Waals surface area contributed by atoms with Gasteiger partial charge in [-0.1, -0.05) is 30.3 Å². The van der Waals surface area contributed by atoms with Gasteiger partial charge in [0.05, 0.1) is 13.0 Å². The number of amides is 1. The molecule has 0 bridgehead atoms. The van der Waals surface area contributed by atoms with Crippen molar-refractivity contribution in [1.29, 1.82) is 0 Å². The number of β-lactam (4-membered cyclic amide) rings is 1. The summed E-state index contributed by atoms with van der Waals surface area (Å²) in [6, 6.07) is 8.90. The van der Waals surface area contributed by atoms with Crippen LogP contribution in [0.2, 0.25) is 0 Å². The van der Waals surface area contributed by atoms with Crippen molar-refractivity contribution in [2.75, 3.05) is 13.0 Å². The number of nitrogens with zero attached hydrogens (tertiary/aromatic N) is 1. The maximum absolute atomic E-state index is 13.2. The summed E-state index contributed by atoms with van der Waals surface area (Å²) in [6.45, 7) is 3.27. The lowest BCUT2D eigenvalue weighted by Crippen LogP contribution is -2.79. The van der Waals surface area contributed by atoms with Crippen LogP contribution in [0.25, 0.3) is 0 Å². The van der Waals surface area contributed by atoms with Gasteiger partial charge in [-0.25, -0.2) is 4.79 Å². The van der Waals surface area contributed by atoms with Crippen molar-refractivity contribution in [2.45, 2.75) is 38.3 Å². The summed E-state index contributed by atoms with van der Waals surface area (Å²) in [5, 5.41) is 2.73. The van der Waals surface area contributed by atoms with Crippen LogP contribution in [0.4, 0.5) is 0 Å². The van der Waals surface area contributed by atoms with Crippen molar-refractivity contribution >= 4 is 35.0 Å². The Bertz CT molecular complexity index is 895. The molecule has 2 aliphatic heterocycles. The summed E-state index contributed by atoms with van der Waals surface area (Å²) in [6.07, 6.45) is -2.44. The number of ether oxygens (including phenoxy) is 2. The Morgan fingerprint density at radius 1 is 1.24 bits per heavy atom. The Morgan fingerprint density at radius 3 is 2.45 bits per heavy atom. The average molecular weight is 421 g/mol. The number of benzene rings is 1. The first kappa shape index (κ1) is 21.2. The molecule has 1 aromatic rings. The third kappa shape index (κ3) is 3.37. The number of nitrogens with one attached hydrogen (secondary N) is 1. The molecule has 3 atom stereocenters. The molecule has 3 unspecified atom stereocenters. The van der Waals surface area contributed by atoms with Crippen molar-refractivity contribution in [3.63, 3.8) is 0 Å². The zero-order valence-electron chi connectivity index (χ0n) is 16.2. The molecular formula is C20H21ClN2O6. The van der Waals surface area contributed by atoms with Gasteiger partial charge in [0, 0.05) is 6.42 Å². The Morgan fingerprint density at radius 2 is 1.90 bits per heavy atom. The second-order valence-electron chi connectivity index (χ2n) is 7.02. The largest absolute Gasteiger partial charge is 0.464 e. The minimum absolute atomic E-state index is 0.0218. The number of fused-ring (bicyclic) bond motifs is 1. The maximum Gasteiger partial charge on any atom is 0.354 e. The van der Waals surface area contributed by atoms with Gasteiger partial charge in [-0.15, -0.1) is 11.6 Å². The van der Waals surface area contributed by atoms with E-state index in [1.54, 1.807) is 38.1 Å². The first-order chi connectivity index (χ1) is 13.8. The van der Waals surface area contributed by atoms with Crippen LogP contribution in [0.5, 0.6) is 0 Å². The van der Waals surface area contributed by atoms with Crippen molar-refractivity contribution in [1.82, 2.24) is 10.2 Å². The van der Waals surface area contributed by atoms with Crippen molar-refractivity contribution in [3.05, 3.63) is 47.2 Å². The van der Waals surface area contributed by atoms with E-state index >= 15 is 0 Å². The monoisotopic (exact) mass is 420 g/mol. The summed E-state index contributed by atoms with van der Waals surface area (Å²) >= 11 is 5.62. The summed E-state index contributed by atoms with van der Waals surface area (Å²) in [5.74, 6) is -2.74. The van der Waals surface area contributed by atoms with Crippen molar-refractivity contribution in [3.8, 4) is 0 Å². The topological polar surface area (TPSA) is 102 Å². The molecule has 0 aromatic heterocycles. The number of carbonyl (C=O) groups is 4. The number of hydrogen-bond acceptors (Lipinski definition) is 7. The second kappa shape index (κ2) is 8.06. The molecule has 29 heavy (non-hydrogen) atoms. The summed E-state index contributed by atoms with van der Waals surface area (Å²) < 4.78 is 10.5. The molecule has 9 heteroatoms. The molecule has 1 aromatic carbocycles. The van der Waals surface area contributed by atoms with Crippen LogP contribution < -0.4 is 5.32 Å². The smallest absolute Gasteiger partial charge is 0.354 e. The fourth-order valence-electron chi connectivity index (χ4n) is 3.54. The highest BCUT2D eigenvalue weighted by Crippen LogP contribution is 2.43. The summed E-state index contributed by atoms with van der Waals surface area (Å²) in [5.41, 5.74) is -0.575. The number of alkyl halides is 1. The molecule has 1 N–H and O–H groups in total. The molecule has 1 amide bonds. The van der Waals surface area contributed by atoms with Gasteiger partial charge in [0.1, 0.15) is 5.70 Å². The standard InChI is InChI=1S/C20H21ClN2O6/c1-11(2)15(17(26)28-3)23-18(27)20(14(25)9-12-7-5-4-6-8-12)19(23)29-16(22-20)13(24)10-21/h4-8,16,19,22H,9-10H2,1-3H3. The number of Topliss-reactive ketones (excluding diaryl/α,β-unsaturated/α-hetero) is 2. The van der Waals surface area contributed by atoms with E-state index in [-0.39, 0.29) is 18.0 Å². The van der Waals surface area contributed by atoms with Crippen LogP contribution in [0.15, 0.2) is 41.6 Å². The van der Waals surface area contributed by atoms with E-state index in [0.29, 0.717) is 11.1 Å². The summed E-state index contributed by atoms with van der Waals surface area (Å²) in [7, 11) is 1.19. The molecule has 0 radical (unpaired) electrons. The number of esters is 1. The minimum atomic E-state index is -1.77. The SMILES string of the molecule is COC(=O)C(=C(C)C)N1C(=O)C2(C(=O)Cc3ccccc3)NC(C(=O)CCl)OC12. The molecule has 8 nitrogen and oxygen atoms in total. The van der Waals surface area contributed by atoms with E-state index in [0.717, 1.165) is 4.90 Å². The van der Waals surface area contributed by atoms with E-state index in [1.165, 1.54) is 7.11 Å². The molecule has 2 aliphatic rings. The minimum Gasteiger partial charge on any atom is -0.464 e. The van der Waals surface area contributed by atoms with Crippen molar-refractivity contribution < 1.29 is 28.7 Å². The quantitative estimate of drug-likeness (QED) is 0.230. The third-order valence-electron chi connectivity index (χ3n) is 4.95. The number of halogens is 1. The van der Waals surface area contributed by atoms with E-state index in [1.807, 2.05) is 6.07 Å². The fourth-order valence-corrected chi connectivity index (χ4v) is 3.68. The van der Waals surface area contributed by atoms with Gasteiger partial charge in [0.25, 0.3) is 5.91 Å². The van der Waals surface area contributed by atoms with Gasteiger partial charge in [0.15, 0.2) is 24.0 Å². The van der Waals surface area contributed by atoms with E-state index < -0.39 is 41.4 Å². The number of methoxy groups -OCH3 is 1. The highest BCUT2D eigenvalue weighted by Gasteiger charge is 2.72. The van der Waals surface area contributed by atoms with E-state index in [9.17, 15) is 19.2 Å². The zero-order chi connectivity index (χ0) is 21.3. The van der Waals surface area contributed by atoms with Crippen LogP contribution in [0.3, 0.4) is 0 Å². The molecule has 2 heterocycles. The Hall–Kier alpha value is -2.55. The molecule has 0 aliphatic carbocycles. The van der Waals surface area contributed by atoms with Gasteiger partial charge < -0.3 is 9.47 Å². The lowest BCUT2D eigenvalue weighted by molar-refractivity contribution is -0.183. The van der Waals surface area contributed by atoms with Gasteiger partial charge in [-0.2, -0.15) is 0 Å². The predicted octanol–water partition coefficient (Wildman–Crippen LogP) is 0.926. The number of rotatable bonds is 7. The second-order valence-corrected chi connectivity index (χ2v) is 7.29. The summed E-state index contributed by atoms with van der Waals surface area (Å²) in [4.78, 5) is 51.8. The predicted molar refractivity (Wildman–Crippen MR) is 103 cm³/mol. The first-order valence-electron chi connectivity index (χ1n) is 8.96. The molecule has 2 saturated heterocycles. The fraction of sp³-hybridized carbons (Fsp3) is 0.400. The third-order valence-corrected chi connectivity index (χ3v) is 5.21. The van der Waals surface area contributed by atoms with Crippen molar-refractivity contribution in [2.24, 2.45) is 0 Å². The number of carbonyl (C=O) groups excluding carboxylic acids is 4. The van der Waals surface area contributed by atoms with Gasteiger partial charge in [-0.3, -0.25) is 24.6 Å². The van der Waals surface area contributed by atoms with Crippen LogP contribution in [-0.4, -0.2) is 59.3 Å². The number of likely N-dealkylation sites (tertiary alicyclic amines) is 1. The molecule has 0 spiro atoms. The van der Waals surface area contributed by atoms with Gasteiger partial charge >= 0.3 is 5.97 Å². The van der Waals surface area contributed by atoms with Crippen LogP contribution >= 0.6 is 11.6 Å². The Labute approximate surface area is 172 Å². The first-order valence-corrected chi connectivity index (χ1v) is 9.49. The average Bonchev–Trinajstić information content (AvgIpc) is 3.07. The van der Waals surface area contributed by atoms with Gasteiger partial charge in [-0.05, 0) is 25.0 Å². The Kier molecular flexibility index (Phi) is 5.88. The molecule has 0 saturated carbocycles. The molecule has 154 valence electrons. The molecular weight excluding hydrogens is 400 g/mol. The number of ketones is 2. The number of hydrogen-bond donors (Lipinski definition) is 1. The van der Waals surface area contributed by atoms with Crippen LogP contribution in [0.1, 0.15) is 19.4 Å². The maximum atomic E-state index is 13.2. The lowest BCUT2D eigenvalue weighted by Gasteiger charge is -2.49. The highest BCUT2D eigenvalue weighted by atomic mass is 35.5. The van der Waals surface area contributed by atoms with E-state index in [4.69, 9.17) is 21.1 Å². The molecule has 3 rings (SSSR count). The van der Waals surface area contributed by atoms with E-state index in [2.05, 4.69) is 5.32 Å². The zero-order valence-corrected chi connectivity index (χ0v) is 17.0. The van der Waals surface area contributed by atoms with Crippen LogP contribution in [0, 0.1) is 0 Å².